The molecule has 92 valence electrons. The van der Waals surface area contributed by atoms with E-state index in [1.165, 1.54) is 22.5 Å². The third-order valence-corrected chi connectivity index (χ3v) is 3.75. The van der Waals surface area contributed by atoms with Crippen molar-refractivity contribution in [3.63, 3.8) is 0 Å². The predicted molar refractivity (Wildman–Crippen MR) is 76.4 cm³/mol. The molecule has 0 saturated carbocycles. The van der Waals surface area contributed by atoms with Crippen LogP contribution in [0.25, 0.3) is 6.08 Å². The van der Waals surface area contributed by atoms with Gasteiger partial charge >= 0.3 is 0 Å². The summed E-state index contributed by atoms with van der Waals surface area (Å²) in [6, 6.07) is 8.67. The van der Waals surface area contributed by atoms with Gasteiger partial charge in [0.1, 0.15) is 0 Å². The Morgan fingerprint density at radius 2 is 1.94 bits per heavy atom. The molecule has 0 aliphatic carbocycles. The fourth-order valence-corrected chi connectivity index (χ4v) is 2.38. The standard InChI is InChI=1S/C15H17N3/c1-10-11(2)16-17-15-9-8-13-6-4-5-7-14(13)18(15)12(10)3/h4-9,11,16H,1-3H3/t11-/m1/s1. The molecule has 2 aliphatic heterocycles. The molecule has 0 fully saturated rings. The zero-order valence-corrected chi connectivity index (χ0v) is 10.9. The monoisotopic (exact) mass is 239 g/mol. The molecule has 3 heteroatoms. The van der Waals surface area contributed by atoms with E-state index in [0.29, 0.717) is 0 Å². The summed E-state index contributed by atoms with van der Waals surface area (Å²) in [5.41, 5.74) is 8.20. The summed E-state index contributed by atoms with van der Waals surface area (Å²) in [5, 5.41) is 4.49. The van der Waals surface area contributed by atoms with Gasteiger partial charge in [-0.05, 0) is 50.1 Å². The quantitative estimate of drug-likeness (QED) is 0.753. The molecule has 3 nitrogen and oxygen atoms in total. The zero-order chi connectivity index (χ0) is 12.7. The van der Waals surface area contributed by atoms with Crippen molar-refractivity contribution in [2.24, 2.45) is 5.10 Å². The van der Waals surface area contributed by atoms with E-state index in [2.05, 4.69) is 72.6 Å². The van der Waals surface area contributed by atoms with Crippen molar-refractivity contribution in [2.45, 2.75) is 26.8 Å². The van der Waals surface area contributed by atoms with Gasteiger partial charge in [0.25, 0.3) is 0 Å². The highest BCUT2D eigenvalue weighted by Crippen LogP contribution is 2.32. The maximum atomic E-state index is 4.49. The summed E-state index contributed by atoms with van der Waals surface area (Å²) < 4.78 is 0. The molecule has 1 atom stereocenters. The predicted octanol–water partition coefficient (Wildman–Crippen LogP) is 3.12. The Balaban J connectivity index is 2.22. The summed E-state index contributed by atoms with van der Waals surface area (Å²) in [5.74, 6) is 0.954. The lowest BCUT2D eigenvalue weighted by Gasteiger charge is -2.29. The van der Waals surface area contributed by atoms with Crippen LogP contribution in [0.3, 0.4) is 0 Å². The normalized spacial score (nSPS) is 21.8. The van der Waals surface area contributed by atoms with Gasteiger partial charge in [0.2, 0.25) is 0 Å². The maximum absolute atomic E-state index is 4.49. The number of allylic oxidation sites excluding steroid dienone is 1. The van der Waals surface area contributed by atoms with Crippen molar-refractivity contribution in [1.29, 1.82) is 0 Å². The average Bonchev–Trinajstić information content (AvgIpc) is 2.51. The lowest BCUT2D eigenvalue weighted by Crippen LogP contribution is -2.30. The molecule has 0 amide bonds. The smallest absolute Gasteiger partial charge is 0.157 e. The molecule has 1 aromatic rings. The molecule has 18 heavy (non-hydrogen) atoms. The van der Waals surface area contributed by atoms with Crippen molar-refractivity contribution in [3.05, 3.63) is 47.2 Å². The van der Waals surface area contributed by atoms with Crippen LogP contribution in [0, 0.1) is 0 Å². The number of hydrogen-bond acceptors (Lipinski definition) is 3. The summed E-state index contributed by atoms with van der Waals surface area (Å²) in [6.45, 7) is 6.45. The number of anilines is 1. The molecule has 2 heterocycles. The molecule has 3 rings (SSSR count). The first-order valence-electron chi connectivity index (χ1n) is 6.26. The second-order valence-electron chi connectivity index (χ2n) is 4.82. The first kappa shape index (κ1) is 11.1. The van der Waals surface area contributed by atoms with Crippen LogP contribution in [0.5, 0.6) is 0 Å². The van der Waals surface area contributed by atoms with Gasteiger partial charge < -0.3 is 5.43 Å². The number of rotatable bonds is 0. The highest BCUT2D eigenvalue weighted by atomic mass is 15.4. The number of hydrogen-bond donors (Lipinski definition) is 1. The first-order chi connectivity index (χ1) is 8.68. The van der Waals surface area contributed by atoms with E-state index in [9.17, 15) is 0 Å². The van der Waals surface area contributed by atoms with E-state index in [1.807, 2.05) is 0 Å². The molecule has 0 bridgehead atoms. The number of fused-ring (bicyclic) bond motifs is 3. The van der Waals surface area contributed by atoms with Crippen molar-refractivity contribution < 1.29 is 0 Å². The number of hydrazone groups is 1. The molecular weight excluding hydrogens is 222 g/mol. The summed E-state index contributed by atoms with van der Waals surface area (Å²) in [7, 11) is 0. The van der Waals surface area contributed by atoms with E-state index in [4.69, 9.17) is 0 Å². The van der Waals surface area contributed by atoms with Crippen LogP contribution in [-0.2, 0) is 0 Å². The lowest BCUT2D eigenvalue weighted by atomic mass is 10.0. The molecule has 0 aromatic heterocycles. The molecular formula is C15H17N3. The van der Waals surface area contributed by atoms with E-state index in [0.717, 1.165) is 5.84 Å². The van der Waals surface area contributed by atoms with Crippen LogP contribution in [0.2, 0.25) is 0 Å². The van der Waals surface area contributed by atoms with E-state index in [1.54, 1.807) is 0 Å². The SMILES string of the molecule is CC1=C(C)N2C(=NN[C@@H]1C)C=Cc1ccccc12. The molecule has 1 aromatic carbocycles. The minimum Gasteiger partial charge on any atom is -0.301 e. The summed E-state index contributed by atoms with van der Waals surface area (Å²) in [6.07, 6.45) is 4.18. The largest absolute Gasteiger partial charge is 0.301 e. The van der Waals surface area contributed by atoms with Gasteiger partial charge in [-0.2, -0.15) is 5.10 Å². The van der Waals surface area contributed by atoms with Crippen LogP contribution in [0.4, 0.5) is 5.69 Å². The van der Waals surface area contributed by atoms with E-state index in [-0.39, 0.29) is 6.04 Å². The van der Waals surface area contributed by atoms with Gasteiger partial charge in [-0.15, -0.1) is 0 Å². The molecule has 0 radical (unpaired) electrons. The van der Waals surface area contributed by atoms with Crippen LogP contribution in [-0.4, -0.2) is 11.9 Å². The van der Waals surface area contributed by atoms with Gasteiger partial charge in [-0.25, -0.2) is 0 Å². The van der Waals surface area contributed by atoms with Crippen LogP contribution in [0.1, 0.15) is 26.3 Å². The number of para-hydroxylation sites is 1. The highest BCUT2D eigenvalue weighted by Gasteiger charge is 2.24. The van der Waals surface area contributed by atoms with Crippen molar-refractivity contribution in [2.75, 3.05) is 4.90 Å². The van der Waals surface area contributed by atoms with Gasteiger partial charge in [0.05, 0.1) is 11.7 Å². The molecule has 0 unspecified atom stereocenters. The third-order valence-electron chi connectivity index (χ3n) is 3.75. The summed E-state index contributed by atoms with van der Waals surface area (Å²) in [4.78, 5) is 2.22. The number of amidine groups is 1. The number of benzene rings is 1. The third kappa shape index (κ3) is 1.55. The minimum atomic E-state index is 0.267. The van der Waals surface area contributed by atoms with E-state index < -0.39 is 0 Å². The van der Waals surface area contributed by atoms with Crippen LogP contribution >= 0.6 is 0 Å². The Labute approximate surface area is 108 Å². The zero-order valence-electron chi connectivity index (χ0n) is 10.9. The van der Waals surface area contributed by atoms with E-state index >= 15 is 0 Å². The number of nitrogens with zero attached hydrogens (tertiary/aromatic N) is 2. The highest BCUT2D eigenvalue weighted by molar-refractivity contribution is 6.13. The lowest BCUT2D eigenvalue weighted by molar-refractivity contribution is 0.644. The van der Waals surface area contributed by atoms with Gasteiger partial charge in [0.15, 0.2) is 5.84 Å². The number of nitrogens with one attached hydrogen (secondary N) is 1. The topological polar surface area (TPSA) is 27.6 Å². The van der Waals surface area contributed by atoms with Gasteiger partial charge in [-0.1, -0.05) is 18.2 Å². The van der Waals surface area contributed by atoms with Crippen molar-refractivity contribution in [3.8, 4) is 0 Å². The molecule has 0 saturated heterocycles. The Bertz CT molecular complexity index is 581. The summed E-state index contributed by atoms with van der Waals surface area (Å²) >= 11 is 0. The van der Waals surface area contributed by atoms with Gasteiger partial charge in [0, 0.05) is 5.70 Å². The Morgan fingerprint density at radius 3 is 2.78 bits per heavy atom. The van der Waals surface area contributed by atoms with Crippen LogP contribution in [0.15, 0.2) is 46.7 Å². The molecule has 1 N–H and O–H groups in total. The minimum absolute atomic E-state index is 0.267. The Morgan fingerprint density at radius 1 is 1.17 bits per heavy atom. The molecule has 0 spiro atoms. The molecule has 2 aliphatic rings. The van der Waals surface area contributed by atoms with Gasteiger partial charge in [-0.3, -0.25) is 4.90 Å². The Hall–Kier alpha value is -2.03. The maximum Gasteiger partial charge on any atom is 0.157 e. The Kier molecular flexibility index (Phi) is 2.47. The second-order valence-corrected chi connectivity index (χ2v) is 4.82. The average molecular weight is 239 g/mol. The fraction of sp³-hybridized carbons (Fsp3) is 0.267. The van der Waals surface area contributed by atoms with Crippen molar-refractivity contribution >= 4 is 17.6 Å². The second kappa shape index (κ2) is 4.02. The first-order valence-corrected chi connectivity index (χ1v) is 6.26. The van der Waals surface area contributed by atoms with Crippen molar-refractivity contribution in [1.82, 2.24) is 5.43 Å². The van der Waals surface area contributed by atoms with Crippen LogP contribution < -0.4 is 10.3 Å². The fourth-order valence-electron chi connectivity index (χ4n) is 2.38.